The number of pyridine rings is 1. The maximum Gasteiger partial charge on any atom is 0.254 e. The minimum atomic E-state index is -0.0969. The summed E-state index contributed by atoms with van der Waals surface area (Å²) in [6, 6.07) is 3.21. The van der Waals surface area contributed by atoms with E-state index in [9.17, 15) is 4.79 Å². The first-order chi connectivity index (χ1) is 8.16. The van der Waals surface area contributed by atoms with Gasteiger partial charge in [0.15, 0.2) is 0 Å². The quantitative estimate of drug-likeness (QED) is 0.812. The molecule has 17 heavy (non-hydrogen) atoms. The predicted octanol–water partition coefficient (Wildman–Crippen LogP) is 0.659. The van der Waals surface area contributed by atoms with Gasteiger partial charge in [-0.3, -0.25) is 9.89 Å². The van der Waals surface area contributed by atoms with Crippen LogP contribution in [0.15, 0.2) is 30.7 Å². The fraction of sp³-hybridized carbons (Fsp3) is 0.182. The number of rotatable bonds is 3. The van der Waals surface area contributed by atoms with Crippen LogP contribution in [0.5, 0.6) is 0 Å². The Hall–Kier alpha value is -2.37. The Bertz CT molecular complexity index is 508. The summed E-state index contributed by atoms with van der Waals surface area (Å²) in [5.74, 6) is 0.243. The average molecular weight is 231 g/mol. The number of aromatic amines is 1. The van der Waals surface area contributed by atoms with Crippen LogP contribution in [-0.2, 0) is 6.54 Å². The van der Waals surface area contributed by atoms with E-state index < -0.39 is 0 Å². The van der Waals surface area contributed by atoms with E-state index in [-0.39, 0.29) is 5.91 Å². The Morgan fingerprint density at radius 2 is 2.41 bits per heavy atom. The molecule has 0 aliphatic heterocycles. The van der Waals surface area contributed by atoms with Crippen LogP contribution in [-0.4, -0.2) is 33.0 Å². The van der Waals surface area contributed by atoms with Crippen LogP contribution in [0.4, 0.5) is 5.82 Å². The zero-order chi connectivity index (χ0) is 12.3. The molecule has 0 aliphatic carbocycles. The summed E-state index contributed by atoms with van der Waals surface area (Å²) < 4.78 is 0. The average Bonchev–Trinajstić information content (AvgIpc) is 2.80. The lowest BCUT2D eigenvalue weighted by Crippen LogP contribution is -2.26. The van der Waals surface area contributed by atoms with Crippen LogP contribution in [0.2, 0.25) is 0 Å². The monoisotopic (exact) mass is 231 g/mol. The van der Waals surface area contributed by atoms with Gasteiger partial charge >= 0.3 is 0 Å². The number of hydrogen-bond donors (Lipinski definition) is 2. The van der Waals surface area contributed by atoms with Gasteiger partial charge in [0.25, 0.3) is 5.91 Å². The van der Waals surface area contributed by atoms with E-state index in [2.05, 4.69) is 15.2 Å². The summed E-state index contributed by atoms with van der Waals surface area (Å²) in [6.45, 7) is 0.498. The molecule has 0 fully saturated rings. The van der Waals surface area contributed by atoms with Gasteiger partial charge in [-0.1, -0.05) is 0 Å². The molecule has 6 nitrogen and oxygen atoms in total. The third-order valence-electron chi connectivity index (χ3n) is 2.35. The number of nitrogens with zero attached hydrogens (tertiary/aromatic N) is 3. The molecule has 0 spiro atoms. The van der Waals surface area contributed by atoms with Crippen molar-refractivity contribution < 1.29 is 4.79 Å². The van der Waals surface area contributed by atoms with Crippen molar-refractivity contribution in [3.63, 3.8) is 0 Å². The van der Waals surface area contributed by atoms with Gasteiger partial charge in [-0.2, -0.15) is 5.10 Å². The van der Waals surface area contributed by atoms with Crippen LogP contribution < -0.4 is 5.73 Å². The molecule has 2 aromatic heterocycles. The van der Waals surface area contributed by atoms with E-state index in [0.717, 1.165) is 5.56 Å². The largest absolute Gasteiger partial charge is 0.384 e. The normalized spacial score (nSPS) is 10.2. The van der Waals surface area contributed by atoms with Crippen molar-refractivity contribution in [2.45, 2.75) is 6.54 Å². The highest BCUT2D eigenvalue weighted by Crippen LogP contribution is 2.08. The maximum absolute atomic E-state index is 12.0. The van der Waals surface area contributed by atoms with Crippen molar-refractivity contribution in [1.29, 1.82) is 0 Å². The minimum Gasteiger partial charge on any atom is -0.384 e. The topological polar surface area (TPSA) is 87.9 Å². The third-order valence-corrected chi connectivity index (χ3v) is 2.35. The predicted molar refractivity (Wildman–Crippen MR) is 63.0 cm³/mol. The van der Waals surface area contributed by atoms with Crippen LogP contribution >= 0.6 is 0 Å². The highest BCUT2D eigenvalue weighted by atomic mass is 16.2. The molecule has 2 aromatic rings. The Kier molecular flexibility index (Phi) is 3.04. The zero-order valence-electron chi connectivity index (χ0n) is 9.42. The number of anilines is 1. The Morgan fingerprint density at radius 3 is 3.06 bits per heavy atom. The molecule has 6 heteroatoms. The van der Waals surface area contributed by atoms with E-state index in [0.29, 0.717) is 17.9 Å². The van der Waals surface area contributed by atoms with Gasteiger partial charge in [0.05, 0.1) is 6.20 Å². The van der Waals surface area contributed by atoms with Crippen molar-refractivity contribution in [3.05, 3.63) is 41.9 Å². The second-order valence-corrected chi connectivity index (χ2v) is 3.74. The second kappa shape index (κ2) is 4.65. The summed E-state index contributed by atoms with van der Waals surface area (Å²) in [4.78, 5) is 17.5. The standard InChI is InChI=1S/C11H13N5O/c1-16(7-8-5-14-15-6-8)11(17)9-2-3-13-10(12)4-9/h2-6H,7H2,1H3,(H2,12,13)(H,14,15). The number of amides is 1. The summed E-state index contributed by atoms with van der Waals surface area (Å²) >= 11 is 0. The van der Waals surface area contributed by atoms with E-state index >= 15 is 0 Å². The van der Waals surface area contributed by atoms with Gasteiger partial charge in [0.1, 0.15) is 5.82 Å². The number of aromatic nitrogens is 3. The van der Waals surface area contributed by atoms with E-state index in [1.807, 2.05) is 0 Å². The summed E-state index contributed by atoms with van der Waals surface area (Å²) in [5, 5.41) is 6.53. The lowest BCUT2D eigenvalue weighted by Gasteiger charge is -2.16. The summed E-state index contributed by atoms with van der Waals surface area (Å²) in [6.07, 6.45) is 4.96. The van der Waals surface area contributed by atoms with Crippen LogP contribution in [0, 0.1) is 0 Å². The first kappa shape index (κ1) is 11.1. The molecule has 3 N–H and O–H groups in total. The fourth-order valence-electron chi connectivity index (χ4n) is 1.51. The lowest BCUT2D eigenvalue weighted by molar-refractivity contribution is 0.0785. The van der Waals surface area contributed by atoms with Gasteiger partial charge in [-0.25, -0.2) is 4.98 Å². The molecule has 0 saturated carbocycles. The molecule has 2 heterocycles. The minimum absolute atomic E-state index is 0.0969. The first-order valence-corrected chi connectivity index (χ1v) is 5.11. The molecular weight excluding hydrogens is 218 g/mol. The highest BCUT2D eigenvalue weighted by molar-refractivity contribution is 5.94. The highest BCUT2D eigenvalue weighted by Gasteiger charge is 2.12. The molecule has 0 saturated heterocycles. The molecule has 2 rings (SSSR count). The molecule has 0 aromatic carbocycles. The number of nitrogens with one attached hydrogen (secondary N) is 1. The smallest absolute Gasteiger partial charge is 0.254 e. The molecular formula is C11H13N5O. The number of hydrogen-bond acceptors (Lipinski definition) is 4. The fourth-order valence-corrected chi connectivity index (χ4v) is 1.51. The molecule has 0 radical (unpaired) electrons. The van der Waals surface area contributed by atoms with Crippen molar-refractivity contribution in [3.8, 4) is 0 Å². The van der Waals surface area contributed by atoms with Gasteiger partial charge in [-0.05, 0) is 12.1 Å². The van der Waals surface area contributed by atoms with Crippen LogP contribution in [0.3, 0.4) is 0 Å². The summed E-state index contributed by atoms with van der Waals surface area (Å²) in [7, 11) is 1.73. The van der Waals surface area contributed by atoms with E-state index in [1.165, 1.54) is 6.20 Å². The van der Waals surface area contributed by atoms with Crippen molar-refractivity contribution in [2.24, 2.45) is 0 Å². The van der Waals surface area contributed by atoms with Crippen LogP contribution in [0.25, 0.3) is 0 Å². The number of H-pyrrole nitrogens is 1. The molecule has 88 valence electrons. The van der Waals surface area contributed by atoms with Crippen LogP contribution in [0.1, 0.15) is 15.9 Å². The Balaban J connectivity index is 2.09. The number of nitrogens with two attached hydrogens (primary N) is 1. The number of carbonyl (C=O) groups is 1. The number of nitrogen functional groups attached to an aromatic ring is 1. The van der Waals surface area contributed by atoms with Gasteiger partial charge in [0, 0.05) is 37.1 Å². The van der Waals surface area contributed by atoms with Gasteiger partial charge < -0.3 is 10.6 Å². The summed E-state index contributed by atoms with van der Waals surface area (Å²) in [5.41, 5.74) is 7.01. The van der Waals surface area contributed by atoms with Gasteiger partial charge in [-0.15, -0.1) is 0 Å². The number of carbonyl (C=O) groups excluding carboxylic acids is 1. The lowest BCUT2D eigenvalue weighted by atomic mass is 10.2. The van der Waals surface area contributed by atoms with Crippen molar-refractivity contribution in [2.75, 3.05) is 12.8 Å². The second-order valence-electron chi connectivity index (χ2n) is 3.74. The molecule has 0 unspecified atom stereocenters. The SMILES string of the molecule is CN(Cc1cn[nH]c1)C(=O)c1ccnc(N)c1. The van der Waals surface area contributed by atoms with Gasteiger partial charge in [0.2, 0.25) is 0 Å². The Morgan fingerprint density at radius 1 is 1.59 bits per heavy atom. The first-order valence-electron chi connectivity index (χ1n) is 5.11. The Labute approximate surface area is 98.5 Å². The molecule has 0 bridgehead atoms. The molecule has 0 aliphatic rings. The van der Waals surface area contributed by atoms with E-state index in [4.69, 9.17) is 5.73 Å². The maximum atomic E-state index is 12.0. The zero-order valence-corrected chi connectivity index (χ0v) is 9.42. The third kappa shape index (κ3) is 2.60. The van der Waals surface area contributed by atoms with E-state index in [1.54, 1.807) is 36.5 Å². The van der Waals surface area contributed by atoms with Crippen molar-refractivity contribution in [1.82, 2.24) is 20.1 Å². The van der Waals surface area contributed by atoms with Crippen molar-refractivity contribution >= 4 is 11.7 Å². The molecule has 0 atom stereocenters. The molecule has 1 amide bonds.